The molecule has 0 radical (unpaired) electrons. The highest BCUT2D eigenvalue weighted by Gasteiger charge is 2.43. The number of nitrogens with one attached hydrogen (secondary N) is 2. The van der Waals surface area contributed by atoms with Crippen molar-refractivity contribution in [3.63, 3.8) is 0 Å². The summed E-state index contributed by atoms with van der Waals surface area (Å²) in [7, 11) is 0. The van der Waals surface area contributed by atoms with Gasteiger partial charge in [0, 0.05) is 23.8 Å². The monoisotopic (exact) mass is 375 g/mol. The zero-order valence-corrected chi connectivity index (χ0v) is 17.1. The summed E-state index contributed by atoms with van der Waals surface area (Å²) in [6, 6.07) is 5.30. The minimum atomic E-state index is -0.490. The van der Waals surface area contributed by atoms with Crippen molar-refractivity contribution in [2.75, 3.05) is 23.8 Å². The number of aryl methyl sites for hydroxylation is 1. The highest BCUT2D eigenvalue weighted by Crippen LogP contribution is 2.35. The van der Waals surface area contributed by atoms with Gasteiger partial charge in [-0.25, -0.2) is 4.79 Å². The first-order valence-electron chi connectivity index (χ1n) is 9.79. The third-order valence-electron chi connectivity index (χ3n) is 5.20. The van der Waals surface area contributed by atoms with Gasteiger partial charge in [-0.15, -0.1) is 0 Å². The van der Waals surface area contributed by atoms with E-state index in [1.807, 2.05) is 32.9 Å². The average molecular weight is 376 g/mol. The molecule has 1 aromatic carbocycles. The molecule has 3 amide bonds. The van der Waals surface area contributed by atoms with Crippen molar-refractivity contribution < 1.29 is 14.7 Å². The summed E-state index contributed by atoms with van der Waals surface area (Å²) < 4.78 is 0. The van der Waals surface area contributed by atoms with Crippen LogP contribution in [0.2, 0.25) is 0 Å². The van der Waals surface area contributed by atoms with Crippen molar-refractivity contribution in [3.05, 3.63) is 23.8 Å². The van der Waals surface area contributed by atoms with Gasteiger partial charge in [-0.1, -0.05) is 33.8 Å². The Bertz CT molecular complexity index is 687. The Labute approximate surface area is 162 Å². The Kier molecular flexibility index (Phi) is 6.87. The minimum Gasteiger partial charge on any atom is -0.394 e. The topological polar surface area (TPSA) is 81.7 Å². The third-order valence-corrected chi connectivity index (χ3v) is 5.20. The second-order valence-corrected chi connectivity index (χ2v) is 8.34. The number of benzene rings is 1. The molecule has 0 aromatic heterocycles. The van der Waals surface area contributed by atoms with Crippen molar-refractivity contribution in [1.29, 1.82) is 0 Å². The van der Waals surface area contributed by atoms with E-state index in [9.17, 15) is 14.7 Å². The maximum Gasteiger partial charge on any atom is 0.322 e. The number of rotatable bonds is 6. The highest BCUT2D eigenvalue weighted by molar-refractivity contribution is 5.95. The van der Waals surface area contributed by atoms with E-state index in [0.29, 0.717) is 23.8 Å². The van der Waals surface area contributed by atoms with Crippen LogP contribution >= 0.6 is 0 Å². The van der Waals surface area contributed by atoms with Gasteiger partial charge in [0.05, 0.1) is 12.1 Å². The molecule has 27 heavy (non-hydrogen) atoms. The molecule has 0 unspecified atom stereocenters. The van der Waals surface area contributed by atoms with Crippen LogP contribution in [-0.4, -0.2) is 40.6 Å². The Morgan fingerprint density at radius 1 is 1.22 bits per heavy atom. The van der Waals surface area contributed by atoms with Crippen LogP contribution in [0.25, 0.3) is 0 Å². The van der Waals surface area contributed by atoms with E-state index in [2.05, 4.69) is 24.5 Å². The fourth-order valence-corrected chi connectivity index (χ4v) is 3.76. The second kappa shape index (κ2) is 8.74. The maximum absolute atomic E-state index is 13.0. The van der Waals surface area contributed by atoms with Crippen LogP contribution in [0.15, 0.2) is 18.2 Å². The van der Waals surface area contributed by atoms with E-state index >= 15 is 0 Å². The number of aliphatic hydroxyl groups is 1. The number of nitrogens with zero attached hydrogens (tertiary/aromatic N) is 1. The molecule has 1 fully saturated rings. The summed E-state index contributed by atoms with van der Waals surface area (Å²) in [6.07, 6.45) is 2.49. The predicted octanol–water partition coefficient (Wildman–Crippen LogP) is 3.99. The van der Waals surface area contributed by atoms with Crippen LogP contribution in [0.4, 0.5) is 16.2 Å². The van der Waals surface area contributed by atoms with Gasteiger partial charge in [0.2, 0.25) is 5.91 Å². The first kappa shape index (κ1) is 21.2. The van der Waals surface area contributed by atoms with Gasteiger partial charge < -0.3 is 20.6 Å². The van der Waals surface area contributed by atoms with Gasteiger partial charge in [0.15, 0.2) is 0 Å². The number of aliphatic hydroxyl groups excluding tert-OH is 1. The van der Waals surface area contributed by atoms with Gasteiger partial charge in [-0.05, 0) is 49.8 Å². The fourth-order valence-electron chi connectivity index (χ4n) is 3.76. The normalized spacial score (nSPS) is 19.6. The lowest BCUT2D eigenvalue weighted by molar-refractivity contribution is -0.118. The Morgan fingerprint density at radius 2 is 1.93 bits per heavy atom. The highest BCUT2D eigenvalue weighted by atomic mass is 16.3. The molecule has 1 aliphatic rings. The number of amides is 3. The Balaban J connectivity index is 2.18. The van der Waals surface area contributed by atoms with Crippen LogP contribution in [0, 0.1) is 18.8 Å². The summed E-state index contributed by atoms with van der Waals surface area (Å²) in [5.41, 5.74) is 1.76. The van der Waals surface area contributed by atoms with Crippen molar-refractivity contribution >= 4 is 23.3 Å². The summed E-state index contributed by atoms with van der Waals surface area (Å²) in [6.45, 7) is 10.4. The number of urea groups is 1. The van der Waals surface area contributed by atoms with E-state index in [-0.39, 0.29) is 24.5 Å². The van der Waals surface area contributed by atoms with Crippen LogP contribution in [-0.2, 0) is 4.79 Å². The lowest BCUT2D eigenvalue weighted by Gasteiger charge is -2.38. The molecule has 0 saturated carbocycles. The van der Waals surface area contributed by atoms with Crippen molar-refractivity contribution in [3.8, 4) is 0 Å². The van der Waals surface area contributed by atoms with Crippen molar-refractivity contribution in [2.24, 2.45) is 11.8 Å². The maximum atomic E-state index is 13.0. The van der Waals surface area contributed by atoms with Crippen molar-refractivity contribution in [1.82, 2.24) is 4.90 Å². The molecule has 1 saturated heterocycles. The van der Waals surface area contributed by atoms with Gasteiger partial charge in [-0.2, -0.15) is 0 Å². The molecule has 1 aliphatic heterocycles. The predicted molar refractivity (Wildman–Crippen MR) is 109 cm³/mol. The SMILES string of the molecule is Cc1ccc(NC(=O)C(C)C)cc1NC(=O)N1CCC[C@]1(CO)CC(C)C. The fraction of sp³-hybridized carbons (Fsp3) is 0.619. The number of anilines is 2. The standard InChI is InChI=1S/C21H33N3O3/c1-14(2)12-21(13-25)9-6-10-24(21)20(27)23-18-11-17(8-7-16(18)5)22-19(26)15(3)4/h7-8,11,14-15,25H,6,9-10,12-13H2,1-5H3,(H,22,26)(H,23,27)/t21-/m1/s1. The summed E-state index contributed by atoms with van der Waals surface area (Å²) in [4.78, 5) is 26.7. The zero-order valence-electron chi connectivity index (χ0n) is 17.1. The molecule has 0 bridgehead atoms. The Hall–Kier alpha value is -2.08. The summed E-state index contributed by atoms with van der Waals surface area (Å²) in [5, 5.41) is 15.9. The molecule has 6 heteroatoms. The molecule has 1 heterocycles. The average Bonchev–Trinajstić information content (AvgIpc) is 3.01. The van der Waals surface area contributed by atoms with Gasteiger partial charge >= 0.3 is 6.03 Å². The van der Waals surface area contributed by atoms with E-state index in [1.54, 1.807) is 11.0 Å². The molecule has 1 atom stereocenters. The molecule has 2 rings (SSSR count). The van der Waals surface area contributed by atoms with Crippen LogP contribution in [0.5, 0.6) is 0 Å². The van der Waals surface area contributed by atoms with Crippen molar-refractivity contribution in [2.45, 2.75) is 59.4 Å². The zero-order chi connectivity index (χ0) is 20.2. The smallest absolute Gasteiger partial charge is 0.322 e. The number of hydrogen-bond acceptors (Lipinski definition) is 3. The Morgan fingerprint density at radius 3 is 2.52 bits per heavy atom. The molecular formula is C21H33N3O3. The summed E-state index contributed by atoms with van der Waals surface area (Å²) in [5.74, 6) is 0.212. The quantitative estimate of drug-likeness (QED) is 0.703. The van der Waals surface area contributed by atoms with Crippen LogP contribution in [0.1, 0.15) is 52.5 Å². The number of hydrogen-bond donors (Lipinski definition) is 3. The first-order valence-corrected chi connectivity index (χ1v) is 9.79. The molecular weight excluding hydrogens is 342 g/mol. The lowest BCUT2D eigenvalue weighted by Crippen LogP contribution is -2.52. The molecule has 0 aliphatic carbocycles. The minimum absolute atomic E-state index is 0.0257. The third kappa shape index (κ3) is 5.01. The number of carbonyl (C=O) groups is 2. The molecule has 6 nitrogen and oxygen atoms in total. The van der Waals surface area contributed by atoms with Crippen LogP contribution in [0.3, 0.4) is 0 Å². The van der Waals surface area contributed by atoms with Gasteiger partial charge in [-0.3, -0.25) is 4.79 Å². The molecule has 3 N–H and O–H groups in total. The summed E-state index contributed by atoms with van der Waals surface area (Å²) >= 11 is 0. The van der Waals surface area contributed by atoms with Gasteiger partial charge in [0.25, 0.3) is 0 Å². The van der Waals surface area contributed by atoms with E-state index < -0.39 is 5.54 Å². The molecule has 150 valence electrons. The number of carbonyl (C=O) groups excluding carboxylic acids is 2. The van der Waals surface area contributed by atoms with Gasteiger partial charge in [0.1, 0.15) is 0 Å². The lowest BCUT2D eigenvalue weighted by atomic mass is 9.87. The van der Waals surface area contributed by atoms with E-state index in [4.69, 9.17) is 0 Å². The van der Waals surface area contributed by atoms with E-state index in [1.165, 1.54) is 0 Å². The van der Waals surface area contributed by atoms with E-state index in [0.717, 1.165) is 24.8 Å². The molecule has 1 aromatic rings. The first-order chi connectivity index (χ1) is 12.7. The molecule has 0 spiro atoms. The van der Waals surface area contributed by atoms with Crippen LogP contribution < -0.4 is 10.6 Å². The second-order valence-electron chi connectivity index (χ2n) is 8.34. The largest absolute Gasteiger partial charge is 0.394 e. The number of likely N-dealkylation sites (tertiary alicyclic amines) is 1.